The van der Waals surface area contributed by atoms with Gasteiger partial charge in [-0.1, -0.05) is 53.2 Å². The fraction of sp³-hybridized carbons (Fsp3) is 0.935. The predicted octanol–water partition coefficient (Wildman–Crippen LogP) is 7.51. The maximum absolute atomic E-state index is 9.72. The SMILES string of the molecule is CCC[C@H](/C=C/[C@@H](C)[C@H]1CC[C@H]2[C@@H]3C[C@@H](OC)[C@]45C[C@@H]4CC[C@]5(C)[C@H]3CC[C@]12C)[C@@H](C)CO. The Morgan fingerprint density at radius 3 is 2.48 bits per heavy atom. The lowest BCUT2D eigenvalue weighted by atomic mass is 9.45. The van der Waals surface area contributed by atoms with Crippen molar-refractivity contribution in [3.05, 3.63) is 12.2 Å². The molecule has 0 aromatic carbocycles. The number of hydrogen-bond donors (Lipinski definition) is 1. The number of aliphatic hydroxyl groups excluding tert-OH is 1. The lowest BCUT2D eigenvalue weighted by molar-refractivity contribution is -0.160. The van der Waals surface area contributed by atoms with Gasteiger partial charge in [0, 0.05) is 19.1 Å². The molecule has 5 aliphatic rings. The third kappa shape index (κ3) is 3.39. The van der Waals surface area contributed by atoms with Crippen LogP contribution in [0.25, 0.3) is 0 Å². The molecule has 0 aliphatic heterocycles. The molecule has 0 bridgehead atoms. The number of ether oxygens (including phenoxy) is 1. The zero-order chi connectivity index (χ0) is 23.6. The average Bonchev–Trinajstić information content (AvgIpc) is 3.31. The third-order valence-corrected chi connectivity index (χ3v) is 12.8. The Bertz CT molecular complexity index is 745. The Morgan fingerprint density at radius 1 is 1.03 bits per heavy atom. The Kier molecular flexibility index (Phi) is 6.38. The Morgan fingerprint density at radius 2 is 1.82 bits per heavy atom. The van der Waals surface area contributed by atoms with Crippen LogP contribution in [-0.4, -0.2) is 24.9 Å². The number of aliphatic hydroxyl groups is 1. The predicted molar refractivity (Wildman–Crippen MR) is 137 cm³/mol. The van der Waals surface area contributed by atoms with Gasteiger partial charge in [0.1, 0.15) is 0 Å². The lowest BCUT2D eigenvalue weighted by Crippen LogP contribution is -2.57. The van der Waals surface area contributed by atoms with E-state index in [1.54, 1.807) is 0 Å². The highest BCUT2D eigenvalue weighted by atomic mass is 16.5. The molecule has 12 atom stereocenters. The van der Waals surface area contributed by atoms with Crippen LogP contribution >= 0.6 is 0 Å². The number of rotatable bonds is 8. The second kappa shape index (κ2) is 8.65. The first kappa shape index (κ1) is 24.4. The number of methoxy groups -OCH3 is 1. The van der Waals surface area contributed by atoms with Crippen molar-refractivity contribution in [2.75, 3.05) is 13.7 Å². The Labute approximate surface area is 204 Å². The summed E-state index contributed by atoms with van der Waals surface area (Å²) in [7, 11) is 2.01. The molecule has 0 heterocycles. The zero-order valence-corrected chi connectivity index (χ0v) is 22.5. The Balaban J connectivity index is 1.34. The molecule has 0 amide bonds. The maximum atomic E-state index is 9.72. The van der Waals surface area contributed by atoms with Crippen LogP contribution in [0.4, 0.5) is 0 Å². The highest BCUT2D eigenvalue weighted by Crippen LogP contribution is 2.82. The minimum Gasteiger partial charge on any atom is -0.396 e. The van der Waals surface area contributed by atoms with E-state index in [9.17, 15) is 5.11 Å². The van der Waals surface area contributed by atoms with Crippen molar-refractivity contribution >= 4 is 0 Å². The van der Waals surface area contributed by atoms with E-state index in [1.807, 2.05) is 7.11 Å². The van der Waals surface area contributed by atoms with E-state index in [-0.39, 0.29) is 0 Å². The van der Waals surface area contributed by atoms with Gasteiger partial charge in [0.2, 0.25) is 0 Å². The van der Waals surface area contributed by atoms with Crippen molar-refractivity contribution in [1.29, 1.82) is 0 Å². The van der Waals surface area contributed by atoms with Gasteiger partial charge in [0.25, 0.3) is 0 Å². The van der Waals surface area contributed by atoms with Crippen LogP contribution < -0.4 is 0 Å². The largest absolute Gasteiger partial charge is 0.396 e. The standard InChI is InChI=1S/C31H52O2/c1-7-8-22(21(3)19-32)10-9-20(2)25-11-12-26-24-17-28(33-6)31-18-23(31)13-16-30(31,5)27(24)14-15-29(25,26)4/h9-10,20-28,32H,7-8,11-19H2,1-6H3/b10-9+/t20-,21+,22-,23+,24+,25-,26+,27+,28-,29-,30-,31+/m1/s1. The molecule has 1 N–H and O–H groups in total. The normalized spacial score (nSPS) is 50.9. The van der Waals surface area contributed by atoms with Gasteiger partial charge >= 0.3 is 0 Å². The zero-order valence-electron chi connectivity index (χ0n) is 22.5. The summed E-state index contributed by atoms with van der Waals surface area (Å²) >= 11 is 0. The van der Waals surface area contributed by atoms with Gasteiger partial charge in [-0.15, -0.1) is 0 Å². The molecule has 0 saturated heterocycles. The molecular formula is C31H52O2. The van der Waals surface area contributed by atoms with Crippen molar-refractivity contribution in [2.24, 2.45) is 63.6 Å². The minimum atomic E-state index is 0.303. The summed E-state index contributed by atoms with van der Waals surface area (Å²) in [6, 6.07) is 0. The summed E-state index contributed by atoms with van der Waals surface area (Å²) in [5.74, 6) is 6.04. The lowest BCUT2D eigenvalue weighted by Gasteiger charge is -2.61. The van der Waals surface area contributed by atoms with Crippen LogP contribution in [-0.2, 0) is 4.74 Å². The van der Waals surface area contributed by atoms with E-state index >= 15 is 0 Å². The number of fused-ring (bicyclic) bond motifs is 4. The first-order valence-corrected chi connectivity index (χ1v) is 14.6. The highest BCUT2D eigenvalue weighted by Gasteiger charge is 2.77. The summed E-state index contributed by atoms with van der Waals surface area (Å²) in [4.78, 5) is 0. The monoisotopic (exact) mass is 456 g/mol. The number of hydrogen-bond acceptors (Lipinski definition) is 2. The molecule has 5 saturated carbocycles. The second-order valence-electron chi connectivity index (χ2n) is 13.8. The molecule has 1 spiro atoms. The first-order valence-electron chi connectivity index (χ1n) is 14.6. The average molecular weight is 457 g/mol. The van der Waals surface area contributed by atoms with Crippen molar-refractivity contribution < 1.29 is 9.84 Å². The van der Waals surface area contributed by atoms with Gasteiger partial charge in [0.05, 0.1) is 6.10 Å². The molecule has 5 rings (SSSR count). The molecule has 2 heteroatoms. The molecule has 5 aliphatic carbocycles. The first-order chi connectivity index (χ1) is 15.8. The molecule has 0 unspecified atom stereocenters. The third-order valence-electron chi connectivity index (χ3n) is 12.8. The molecule has 0 radical (unpaired) electrons. The molecule has 33 heavy (non-hydrogen) atoms. The van der Waals surface area contributed by atoms with Crippen LogP contribution in [0.3, 0.4) is 0 Å². The van der Waals surface area contributed by atoms with Gasteiger partial charge in [-0.25, -0.2) is 0 Å². The van der Waals surface area contributed by atoms with Gasteiger partial charge in [0.15, 0.2) is 0 Å². The van der Waals surface area contributed by atoms with Crippen molar-refractivity contribution in [3.63, 3.8) is 0 Å². The van der Waals surface area contributed by atoms with E-state index < -0.39 is 0 Å². The van der Waals surface area contributed by atoms with Crippen LogP contribution in [0.1, 0.15) is 98.8 Å². The minimum absolute atomic E-state index is 0.303. The summed E-state index contributed by atoms with van der Waals surface area (Å²) in [5.41, 5.74) is 1.58. The van der Waals surface area contributed by atoms with E-state index in [0.29, 0.717) is 46.7 Å². The van der Waals surface area contributed by atoms with E-state index in [4.69, 9.17) is 4.74 Å². The van der Waals surface area contributed by atoms with E-state index in [2.05, 4.69) is 46.8 Å². The maximum Gasteiger partial charge on any atom is 0.0638 e. The summed E-state index contributed by atoms with van der Waals surface area (Å²) < 4.78 is 6.31. The van der Waals surface area contributed by atoms with E-state index in [1.165, 1.54) is 64.2 Å². The summed E-state index contributed by atoms with van der Waals surface area (Å²) in [6.45, 7) is 12.6. The van der Waals surface area contributed by atoms with Gasteiger partial charge < -0.3 is 9.84 Å². The fourth-order valence-electron chi connectivity index (χ4n) is 11.0. The Hall–Kier alpha value is -0.340. The summed E-state index contributed by atoms with van der Waals surface area (Å²) in [5, 5.41) is 9.72. The van der Waals surface area contributed by atoms with Gasteiger partial charge in [-0.3, -0.25) is 0 Å². The highest BCUT2D eigenvalue weighted by molar-refractivity contribution is 5.26. The fourth-order valence-corrected chi connectivity index (χ4v) is 11.0. The molecule has 188 valence electrons. The van der Waals surface area contributed by atoms with Crippen LogP contribution in [0.2, 0.25) is 0 Å². The summed E-state index contributed by atoms with van der Waals surface area (Å²) in [6.07, 6.45) is 19.4. The van der Waals surface area contributed by atoms with Crippen LogP contribution in [0.5, 0.6) is 0 Å². The van der Waals surface area contributed by atoms with Crippen molar-refractivity contribution in [2.45, 2.75) is 105 Å². The van der Waals surface area contributed by atoms with E-state index in [0.717, 1.165) is 29.6 Å². The molecule has 0 aromatic rings. The van der Waals surface area contributed by atoms with Gasteiger partial charge in [-0.2, -0.15) is 0 Å². The van der Waals surface area contributed by atoms with Crippen molar-refractivity contribution in [1.82, 2.24) is 0 Å². The quantitative estimate of drug-likeness (QED) is 0.383. The van der Waals surface area contributed by atoms with Gasteiger partial charge in [-0.05, 0) is 116 Å². The molecule has 0 aromatic heterocycles. The smallest absolute Gasteiger partial charge is 0.0638 e. The molecule has 5 fully saturated rings. The second-order valence-corrected chi connectivity index (χ2v) is 13.8. The molecule has 2 nitrogen and oxygen atoms in total. The van der Waals surface area contributed by atoms with Crippen LogP contribution in [0.15, 0.2) is 12.2 Å². The van der Waals surface area contributed by atoms with Crippen molar-refractivity contribution in [3.8, 4) is 0 Å². The topological polar surface area (TPSA) is 29.5 Å². The van der Waals surface area contributed by atoms with Crippen LogP contribution in [0, 0.1) is 63.6 Å². The number of allylic oxidation sites excluding steroid dienone is 2. The molecular weight excluding hydrogens is 404 g/mol.